The summed E-state index contributed by atoms with van der Waals surface area (Å²) in [4.78, 5) is 18.1. The molecule has 28 heavy (non-hydrogen) atoms. The third kappa shape index (κ3) is 5.90. The van der Waals surface area contributed by atoms with Gasteiger partial charge in [-0.25, -0.2) is 4.57 Å². The molecule has 0 spiro atoms. The normalized spacial score (nSPS) is 10.9. The van der Waals surface area contributed by atoms with Gasteiger partial charge in [0.2, 0.25) is 5.75 Å². The maximum Gasteiger partial charge on any atom is 0.524 e. The van der Waals surface area contributed by atoms with E-state index in [1.54, 1.807) is 36.4 Å². The lowest BCUT2D eigenvalue weighted by Crippen LogP contribution is -1.95. The summed E-state index contributed by atoms with van der Waals surface area (Å²) in [5, 5.41) is 0. The maximum absolute atomic E-state index is 11.1. The smallest absolute Gasteiger partial charge is 0.493 e. The van der Waals surface area contributed by atoms with Crippen LogP contribution in [0.1, 0.15) is 11.1 Å². The van der Waals surface area contributed by atoms with Gasteiger partial charge in [0.1, 0.15) is 0 Å². The molecule has 0 heterocycles. The number of benzene rings is 2. The van der Waals surface area contributed by atoms with Crippen LogP contribution in [-0.2, 0) is 4.57 Å². The van der Waals surface area contributed by atoms with Crippen molar-refractivity contribution in [3.05, 3.63) is 41.5 Å². The number of phosphoric ester groups is 1. The molecule has 2 aromatic rings. The van der Waals surface area contributed by atoms with Crippen LogP contribution in [-0.4, -0.2) is 38.2 Å². The highest BCUT2D eigenvalue weighted by Gasteiger charge is 2.19. The van der Waals surface area contributed by atoms with Crippen LogP contribution in [0.5, 0.6) is 28.7 Å². The molecule has 0 unspecified atom stereocenters. The molecule has 0 saturated carbocycles. The molecule has 0 fully saturated rings. The van der Waals surface area contributed by atoms with Crippen molar-refractivity contribution in [3.63, 3.8) is 0 Å². The van der Waals surface area contributed by atoms with Gasteiger partial charge in [-0.2, -0.15) is 0 Å². The van der Waals surface area contributed by atoms with Gasteiger partial charge in [0, 0.05) is 0 Å². The molecule has 0 radical (unpaired) electrons. The Kier molecular flexibility index (Phi) is 8.34. The Hall–Kier alpha value is -2.71. The zero-order valence-corrected chi connectivity index (χ0v) is 16.9. The fourth-order valence-electron chi connectivity index (χ4n) is 2.39. The Morgan fingerprint density at radius 3 is 1.71 bits per heavy atom. The standard InChI is InChI=1S/C18H21O8P.H3N/c1-22-14-8-7-12(9-15(14)26-27(19,20)21)5-6-13-10-16(23-2)18(25-4)17(11-13)24-3;/h5-11H,1-4H3,(H2,19,20,21);1H3/b6-5+;. The number of hydrogen-bond donors (Lipinski definition) is 3. The average Bonchev–Trinajstić information content (AvgIpc) is 2.64. The second-order valence-electron chi connectivity index (χ2n) is 5.28. The Morgan fingerprint density at radius 1 is 0.750 bits per heavy atom. The van der Waals surface area contributed by atoms with Gasteiger partial charge in [0.25, 0.3) is 0 Å². The quantitative estimate of drug-likeness (QED) is 0.438. The molecule has 0 aliphatic carbocycles. The first kappa shape index (κ1) is 23.3. The summed E-state index contributed by atoms with van der Waals surface area (Å²) in [5.74, 6) is 1.66. The van der Waals surface area contributed by atoms with E-state index in [-0.39, 0.29) is 17.6 Å². The molecule has 0 amide bonds. The van der Waals surface area contributed by atoms with Crippen LogP contribution in [0.4, 0.5) is 0 Å². The Morgan fingerprint density at radius 2 is 1.25 bits per heavy atom. The molecule has 0 atom stereocenters. The van der Waals surface area contributed by atoms with Crippen LogP contribution >= 0.6 is 7.82 Å². The van der Waals surface area contributed by atoms with E-state index < -0.39 is 7.82 Å². The van der Waals surface area contributed by atoms with Crippen LogP contribution in [0.3, 0.4) is 0 Å². The molecule has 0 aromatic heterocycles. The van der Waals surface area contributed by atoms with Gasteiger partial charge in [-0.3, -0.25) is 9.79 Å². The van der Waals surface area contributed by atoms with E-state index in [1.807, 2.05) is 0 Å². The minimum Gasteiger partial charge on any atom is -0.493 e. The molecule has 0 saturated heterocycles. The van der Waals surface area contributed by atoms with Crippen LogP contribution in [0.2, 0.25) is 0 Å². The number of phosphoric acid groups is 1. The Balaban J connectivity index is 0.00000392. The Labute approximate surface area is 163 Å². The topological polar surface area (TPSA) is 139 Å². The highest BCUT2D eigenvalue weighted by Crippen LogP contribution is 2.42. The number of ether oxygens (including phenoxy) is 4. The van der Waals surface area contributed by atoms with Crippen molar-refractivity contribution in [3.8, 4) is 28.7 Å². The third-order valence-electron chi connectivity index (χ3n) is 3.56. The summed E-state index contributed by atoms with van der Waals surface area (Å²) < 4.78 is 36.8. The summed E-state index contributed by atoms with van der Waals surface area (Å²) >= 11 is 0. The maximum atomic E-state index is 11.1. The molecular formula is C18H24NO8P. The molecule has 0 aliphatic heterocycles. The largest absolute Gasteiger partial charge is 0.524 e. The van der Waals surface area contributed by atoms with Gasteiger partial charge in [-0.1, -0.05) is 18.2 Å². The molecule has 154 valence electrons. The predicted octanol–water partition coefficient (Wildman–Crippen LogP) is 3.52. The van der Waals surface area contributed by atoms with Gasteiger partial charge in [0.05, 0.1) is 28.4 Å². The van der Waals surface area contributed by atoms with Crippen molar-refractivity contribution in [1.29, 1.82) is 0 Å². The van der Waals surface area contributed by atoms with E-state index in [1.165, 1.54) is 34.5 Å². The lowest BCUT2D eigenvalue weighted by Gasteiger charge is -2.13. The van der Waals surface area contributed by atoms with Gasteiger partial charge in [0.15, 0.2) is 23.0 Å². The zero-order valence-electron chi connectivity index (χ0n) is 16.0. The van der Waals surface area contributed by atoms with Crippen molar-refractivity contribution in [2.45, 2.75) is 0 Å². The first-order valence-electron chi connectivity index (χ1n) is 7.72. The van der Waals surface area contributed by atoms with Gasteiger partial charge in [-0.15, -0.1) is 0 Å². The van der Waals surface area contributed by atoms with Crippen LogP contribution in [0.15, 0.2) is 30.3 Å². The summed E-state index contributed by atoms with van der Waals surface area (Å²) in [6, 6.07) is 8.29. The van der Waals surface area contributed by atoms with Crippen LogP contribution in [0.25, 0.3) is 12.2 Å². The average molecular weight is 413 g/mol. The van der Waals surface area contributed by atoms with Crippen molar-refractivity contribution in [1.82, 2.24) is 6.15 Å². The first-order valence-corrected chi connectivity index (χ1v) is 9.25. The van der Waals surface area contributed by atoms with E-state index >= 15 is 0 Å². The molecule has 2 rings (SSSR count). The zero-order chi connectivity index (χ0) is 20.0. The van der Waals surface area contributed by atoms with E-state index in [9.17, 15) is 4.57 Å². The molecule has 10 heteroatoms. The molecular weight excluding hydrogens is 389 g/mol. The van der Waals surface area contributed by atoms with Crippen LogP contribution in [0, 0.1) is 0 Å². The summed E-state index contributed by atoms with van der Waals surface area (Å²) in [6.45, 7) is 0. The molecule has 2 aromatic carbocycles. The Bertz CT molecular complexity index is 853. The lowest BCUT2D eigenvalue weighted by atomic mass is 10.1. The van der Waals surface area contributed by atoms with E-state index in [0.29, 0.717) is 22.8 Å². The highest BCUT2D eigenvalue weighted by atomic mass is 31.2. The fraction of sp³-hybridized carbons (Fsp3) is 0.222. The molecule has 9 nitrogen and oxygen atoms in total. The summed E-state index contributed by atoms with van der Waals surface area (Å²) in [6.07, 6.45) is 3.53. The number of rotatable bonds is 8. The van der Waals surface area contributed by atoms with Crippen molar-refractivity contribution >= 4 is 20.0 Å². The summed E-state index contributed by atoms with van der Waals surface area (Å²) in [5.41, 5.74) is 1.42. The second kappa shape index (κ2) is 10.0. The first-order chi connectivity index (χ1) is 12.8. The van der Waals surface area contributed by atoms with Gasteiger partial charge >= 0.3 is 7.82 Å². The number of hydrogen-bond acceptors (Lipinski definition) is 7. The molecule has 0 bridgehead atoms. The molecule has 5 N–H and O–H groups in total. The predicted molar refractivity (Wildman–Crippen MR) is 106 cm³/mol. The third-order valence-corrected chi connectivity index (χ3v) is 3.99. The summed E-state index contributed by atoms with van der Waals surface area (Å²) in [7, 11) is 1.26. The van der Waals surface area contributed by atoms with Crippen molar-refractivity contribution < 1.29 is 37.8 Å². The van der Waals surface area contributed by atoms with Gasteiger partial charge < -0.3 is 29.6 Å². The minimum atomic E-state index is -4.71. The second-order valence-corrected chi connectivity index (χ2v) is 6.45. The van der Waals surface area contributed by atoms with Crippen LogP contribution < -0.4 is 29.6 Å². The van der Waals surface area contributed by atoms with Crippen molar-refractivity contribution in [2.24, 2.45) is 0 Å². The fourth-order valence-corrected chi connectivity index (χ4v) is 2.79. The van der Waals surface area contributed by atoms with Gasteiger partial charge in [-0.05, 0) is 35.4 Å². The van der Waals surface area contributed by atoms with E-state index in [2.05, 4.69) is 4.52 Å². The highest BCUT2D eigenvalue weighted by molar-refractivity contribution is 7.46. The van der Waals surface area contributed by atoms with E-state index in [4.69, 9.17) is 28.7 Å². The molecule has 0 aliphatic rings. The number of methoxy groups -OCH3 is 4. The minimum absolute atomic E-state index is 0. The van der Waals surface area contributed by atoms with E-state index in [0.717, 1.165) is 5.56 Å². The SMILES string of the molecule is COc1ccc(/C=C/c2cc(OC)c(OC)c(OC)c2)cc1OP(=O)(O)O.N. The lowest BCUT2D eigenvalue weighted by molar-refractivity contribution is 0.276. The van der Waals surface area contributed by atoms with Crippen molar-refractivity contribution in [2.75, 3.05) is 28.4 Å². The monoisotopic (exact) mass is 413 g/mol.